The topological polar surface area (TPSA) is 463 Å². The molecule has 10 amide bonds. The van der Waals surface area contributed by atoms with Crippen molar-refractivity contribution in [2.45, 2.75) is 216 Å². The van der Waals surface area contributed by atoms with Gasteiger partial charge in [0, 0.05) is 69.7 Å². The zero-order chi connectivity index (χ0) is 71.9. The fourth-order valence-corrected chi connectivity index (χ4v) is 11.0. The number of aliphatic hydroxyl groups is 1. The number of fused-ring (bicyclic) bond motifs is 5. The maximum absolute atomic E-state index is 14.6. The number of nitrogens with zero attached hydrogens (tertiary/aromatic N) is 4. The highest BCUT2D eigenvalue weighted by molar-refractivity contribution is 6.01. The molecule has 540 valence electrons. The smallest absolute Gasteiger partial charge is 0.243 e. The van der Waals surface area contributed by atoms with Crippen molar-refractivity contribution in [3.05, 3.63) is 92.1 Å². The van der Waals surface area contributed by atoms with Crippen LogP contribution >= 0.6 is 0 Å². The number of amides is 10. The van der Waals surface area contributed by atoms with E-state index in [0.717, 1.165) is 17.5 Å². The highest BCUT2D eigenvalue weighted by atomic mass is 16.3. The molecule has 0 aliphatic carbocycles. The Bertz CT molecular complexity index is 3110. The molecule has 20 N–H and O–H groups in total. The number of nitrogens with two attached hydrogens (primary N) is 5. The van der Waals surface area contributed by atoms with Crippen LogP contribution in [0.3, 0.4) is 0 Å². The van der Waals surface area contributed by atoms with E-state index in [9.17, 15) is 53.1 Å². The molecule has 2 aromatic carbocycles. The van der Waals surface area contributed by atoms with Crippen LogP contribution in [0.15, 0.2) is 86.5 Å². The molecule has 0 saturated heterocycles. The van der Waals surface area contributed by atoms with Gasteiger partial charge in [0.05, 0.1) is 36.1 Å². The van der Waals surface area contributed by atoms with Gasteiger partial charge in [0.2, 0.25) is 59.1 Å². The lowest BCUT2D eigenvalue weighted by Crippen LogP contribution is -2.57. The van der Waals surface area contributed by atoms with E-state index in [1.54, 1.807) is 22.7 Å². The van der Waals surface area contributed by atoms with Gasteiger partial charge in [-0.05, 0) is 134 Å². The minimum absolute atomic E-state index is 0.0163. The summed E-state index contributed by atoms with van der Waals surface area (Å²) in [6.45, 7) is 14.4. The van der Waals surface area contributed by atoms with Crippen molar-refractivity contribution in [2.75, 3.05) is 38.1 Å². The van der Waals surface area contributed by atoms with Crippen molar-refractivity contribution in [1.82, 2.24) is 62.8 Å². The average Bonchev–Trinajstić information content (AvgIpc) is 1.49. The molecule has 0 fully saturated rings. The molecule has 1 aliphatic rings. The summed E-state index contributed by atoms with van der Waals surface area (Å²) >= 11 is 0. The van der Waals surface area contributed by atoms with Crippen LogP contribution in [0.2, 0.25) is 0 Å². The molecule has 9 unspecified atom stereocenters. The number of unbranched alkanes of at least 4 members (excludes halogenated alkanes) is 6. The number of nitrogens with one attached hydrogen (secondary N) is 9. The first-order valence-corrected chi connectivity index (χ1v) is 34.3. The molecule has 1 aromatic heterocycles. The van der Waals surface area contributed by atoms with E-state index in [2.05, 4.69) is 77.9 Å². The Morgan fingerprint density at radius 1 is 0.551 bits per heavy atom. The molecule has 0 radical (unpaired) electrons. The van der Waals surface area contributed by atoms with Crippen LogP contribution in [-0.2, 0) is 61.0 Å². The molecule has 98 heavy (non-hydrogen) atoms. The maximum atomic E-state index is 14.6. The molecule has 29 nitrogen and oxygen atoms in total. The van der Waals surface area contributed by atoms with Gasteiger partial charge in [-0.15, -0.1) is 24.8 Å². The summed E-state index contributed by atoms with van der Waals surface area (Å²) in [5.41, 5.74) is 34.1. The largest absolute Gasteiger partial charge is 0.377 e. The molecule has 2 heterocycles. The van der Waals surface area contributed by atoms with Gasteiger partial charge in [-0.1, -0.05) is 79.3 Å². The van der Waals surface area contributed by atoms with Crippen LogP contribution in [0.1, 0.15) is 154 Å². The molecular weight excluding hydrogens is 1260 g/mol. The van der Waals surface area contributed by atoms with Crippen LogP contribution in [-0.4, -0.2) is 167 Å². The second kappa shape index (κ2) is 45.0. The summed E-state index contributed by atoms with van der Waals surface area (Å²) < 4.78 is 1.73. The number of aromatic nitrogens is 3. The van der Waals surface area contributed by atoms with E-state index in [1.807, 2.05) is 55.5 Å². The minimum Gasteiger partial charge on any atom is -0.377 e. The van der Waals surface area contributed by atoms with E-state index in [-0.39, 0.29) is 114 Å². The summed E-state index contributed by atoms with van der Waals surface area (Å²) in [6, 6.07) is 7.03. The van der Waals surface area contributed by atoms with Crippen molar-refractivity contribution in [3.63, 3.8) is 0 Å². The Kier molecular flexibility index (Phi) is 37.5. The first-order valence-electron chi connectivity index (χ1n) is 34.3. The third-order valence-corrected chi connectivity index (χ3v) is 16.9. The number of carbonyl (C=O) groups is 10. The molecular formula is C69H108N18O11. The highest BCUT2D eigenvalue weighted by Crippen LogP contribution is 2.41. The van der Waals surface area contributed by atoms with E-state index < -0.39 is 90.0 Å². The van der Waals surface area contributed by atoms with Gasteiger partial charge in [-0.2, -0.15) is 0 Å². The van der Waals surface area contributed by atoms with Crippen molar-refractivity contribution < 1.29 is 53.1 Å². The first kappa shape index (κ1) is 81.7. The monoisotopic (exact) mass is 1360 g/mol. The van der Waals surface area contributed by atoms with Crippen molar-refractivity contribution in [1.29, 1.82) is 0 Å². The normalized spacial score (nSPS) is 14.3. The van der Waals surface area contributed by atoms with Gasteiger partial charge in [-0.25, -0.2) is 4.68 Å². The van der Waals surface area contributed by atoms with E-state index in [0.29, 0.717) is 106 Å². The lowest BCUT2D eigenvalue weighted by molar-refractivity contribution is -0.133. The Hall–Kier alpha value is -8.74. The van der Waals surface area contributed by atoms with Gasteiger partial charge in [0.1, 0.15) is 36.1 Å². The van der Waals surface area contributed by atoms with E-state index >= 15 is 0 Å². The molecule has 0 bridgehead atoms. The maximum Gasteiger partial charge on any atom is 0.243 e. The average molecular weight is 1370 g/mol. The molecule has 3 aromatic rings. The zero-order valence-electron chi connectivity index (χ0n) is 57.2. The number of aryl methyl sites for hydroxylation is 1. The van der Waals surface area contributed by atoms with Crippen molar-refractivity contribution in [3.8, 4) is 22.5 Å². The number of aliphatic hydroxyl groups excluding tert-OH is 1. The van der Waals surface area contributed by atoms with Crippen LogP contribution in [0.4, 0.5) is 5.69 Å². The second-order valence-corrected chi connectivity index (χ2v) is 24.6. The first-order chi connectivity index (χ1) is 47.1. The van der Waals surface area contributed by atoms with Gasteiger partial charge >= 0.3 is 0 Å². The third kappa shape index (κ3) is 28.0. The van der Waals surface area contributed by atoms with E-state index in [1.165, 1.54) is 12.2 Å². The number of anilines is 1. The minimum atomic E-state index is -1.30. The number of hydrogen-bond acceptors (Lipinski definition) is 18. The molecule has 4 rings (SSSR count). The Labute approximate surface area is 575 Å². The summed E-state index contributed by atoms with van der Waals surface area (Å²) in [4.78, 5) is 135. The number of benzene rings is 2. The van der Waals surface area contributed by atoms with Gasteiger partial charge in [0.15, 0.2) is 0 Å². The van der Waals surface area contributed by atoms with Crippen molar-refractivity contribution >= 4 is 64.8 Å². The van der Waals surface area contributed by atoms with Crippen LogP contribution in [0, 0.1) is 0 Å². The number of hydrogen-bond donors (Lipinski definition) is 15. The lowest BCUT2D eigenvalue weighted by atomic mass is 9.95. The summed E-state index contributed by atoms with van der Waals surface area (Å²) in [6.07, 6.45) is 10.5. The fourth-order valence-electron chi connectivity index (χ4n) is 11.0. The Morgan fingerprint density at radius 3 is 1.62 bits per heavy atom. The lowest BCUT2D eigenvalue weighted by Gasteiger charge is -2.29. The SMILES string of the molecule is C=CCC(N)C(=O)NCCCCC(NC(=O)C(N)CC=C)C(=O)NCCCCC(NC(=O)C(CCCCNC(O)C(N)CC)NC(=O)C(N)CC=C)C(=O)NC(CCCCn1nnc2c1-c1ccccc1N(C(=O)CCC(=O)NCCCCCC(=O)NC)Cc1ccccc1-2)C(N)=O. The summed E-state index contributed by atoms with van der Waals surface area (Å²) in [5.74, 6) is -4.91. The highest BCUT2D eigenvalue weighted by Gasteiger charge is 2.33. The number of carbonyl (C=O) groups excluding carboxylic acids is 10. The molecule has 0 spiro atoms. The second-order valence-electron chi connectivity index (χ2n) is 24.6. The number of para-hydroxylation sites is 1. The van der Waals surface area contributed by atoms with Gasteiger partial charge in [0.25, 0.3) is 0 Å². The fraction of sp³-hybridized carbons (Fsp3) is 0.565. The Balaban J connectivity index is 1.52. The molecule has 1 aliphatic heterocycles. The van der Waals surface area contributed by atoms with Crippen molar-refractivity contribution in [2.24, 2.45) is 28.7 Å². The van der Waals surface area contributed by atoms with Crippen LogP contribution in [0.25, 0.3) is 22.5 Å². The zero-order valence-corrected chi connectivity index (χ0v) is 57.2. The standard InChI is InChI=1S/C69H108N18O11/c1-6-25-49(71)64(93)78-41-21-16-32-53(81-65(94)50(72)26-7-2)67(96)79-42-23-18-34-55(83-69(98)54(82-66(95)51(73)27-8-3)33-17-22-40-77-63(92)48(70)9-4)68(97)80-52(62(74)91)31-19-24-43-87-61-47-30-14-15-35-56(47)86(44-45-28-12-13-29-46(45)60(61)84-85-87)59(90)38-37-58(89)76-39-20-10-11-36-57(88)75-5/h6-8,12-15,28-30,35,48-55,63,77,92H,1-3,9-11,16-27,31-34,36-44,70-73H2,4-5H3,(H2,74,91)(H,75,88)(H,76,89)(H,78,93)(H,79,96)(H,80,97)(H,81,94)(H,82,95)(H,83,98). The number of primary amides is 1. The summed E-state index contributed by atoms with van der Waals surface area (Å²) in [5, 5.41) is 44.7. The Morgan fingerprint density at radius 2 is 1.04 bits per heavy atom. The van der Waals surface area contributed by atoms with E-state index in [4.69, 9.17) is 28.7 Å². The summed E-state index contributed by atoms with van der Waals surface area (Å²) in [7, 11) is 1.59. The molecule has 0 saturated carbocycles. The number of rotatable bonds is 49. The molecule has 29 heteroatoms. The predicted octanol–water partition coefficient (Wildman–Crippen LogP) is 1.36. The predicted molar refractivity (Wildman–Crippen MR) is 376 cm³/mol. The van der Waals surface area contributed by atoms with Gasteiger partial charge < -0.3 is 81.2 Å². The van der Waals surface area contributed by atoms with Crippen LogP contribution in [0.5, 0.6) is 0 Å². The quantitative estimate of drug-likeness (QED) is 0.0215. The third-order valence-electron chi connectivity index (χ3n) is 16.9. The van der Waals surface area contributed by atoms with Gasteiger partial charge in [-0.3, -0.25) is 53.3 Å². The molecule has 9 atom stereocenters. The van der Waals surface area contributed by atoms with Crippen LogP contribution < -0.4 is 81.4 Å².